The van der Waals surface area contributed by atoms with Gasteiger partial charge in [-0.3, -0.25) is 0 Å². The average Bonchev–Trinajstić information content (AvgIpc) is 3.11. The van der Waals surface area contributed by atoms with Gasteiger partial charge in [-0.2, -0.15) is 0 Å². The van der Waals surface area contributed by atoms with Crippen LogP contribution in [0.4, 0.5) is 0 Å². The summed E-state index contributed by atoms with van der Waals surface area (Å²) in [5.74, 6) is -2.13. The van der Waals surface area contributed by atoms with Gasteiger partial charge in [0.2, 0.25) is 6.29 Å². The van der Waals surface area contributed by atoms with Crippen molar-refractivity contribution < 1.29 is 53.6 Å². The molecule has 176 valence electrons. The molecule has 0 aromatic heterocycles. The topological polar surface area (TPSA) is 153 Å². The van der Waals surface area contributed by atoms with Gasteiger partial charge in [0, 0.05) is 17.8 Å². The fraction of sp³-hybridized carbons (Fsp3) is 0.850. The number of hydrogen-bond acceptors (Lipinski definition) is 11. The van der Waals surface area contributed by atoms with E-state index in [1.54, 1.807) is 0 Å². The van der Waals surface area contributed by atoms with Gasteiger partial charge in [0.15, 0.2) is 12.1 Å². The number of carbonyl (C=O) groups is 1. The zero-order valence-corrected chi connectivity index (χ0v) is 17.6. The number of aliphatic hydroxyl groups is 4. The normalized spacial score (nSPS) is 46.4. The summed E-state index contributed by atoms with van der Waals surface area (Å²) in [4.78, 5) is 12.3. The van der Waals surface area contributed by atoms with Gasteiger partial charge in [-0.05, 0) is 20.3 Å². The Morgan fingerprint density at radius 3 is 2.61 bits per heavy atom. The maximum atomic E-state index is 12.3. The van der Waals surface area contributed by atoms with Crippen LogP contribution in [0, 0.1) is 17.8 Å². The number of fused-ring (bicyclic) bond motifs is 3. The third-order valence-corrected chi connectivity index (χ3v) is 6.56. The largest absolute Gasteiger partial charge is 0.472 e. The fourth-order valence-electron chi connectivity index (χ4n) is 4.97. The van der Waals surface area contributed by atoms with E-state index >= 15 is 0 Å². The van der Waals surface area contributed by atoms with Crippen molar-refractivity contribution in [2.45, 2.75) is 69.2 Å². The minimum Gasteiger partial charge on any atom is -0.472 e. The molecule has 2 saturated heterocycles. The van der Waals surface area contributed by atoms with Gasteiger partial charge in [0.25, 0.3) is 0 Å². The van der Waals surface area contributed by atoms with Crippen LogP contribution in [0.1, 0.15) is 20.3 Å². The molecule has 1 aliphatic carbocycles. The predicted molar refractivity (Wildman–Crippen MR) is 99.8 cm³/mol. The van der Waals surface area contributed by atoms with E-state index in [0.717, 1.165) is 0 Å². The molecular weight excluding hydrogens is 416 g/mol. The molecule has 11 nitrogen and oxygen atoms in total. The average molecular weight is 446 g/mol. The van der Waals surface area contributed by atoms with Crippen molar-refractivity contribution in [3.63, 3.8) is 0 Å². The van der Waals surface area contributed by atoms with Crippen molar-refractivity contribution in [2.24, 2.45) is 17.8 Å². The van der Waals surface area contributed by atoms with Gasteiger partial charge in [0.05, 0.1) is 38.3 Å². The maximum absolute atomic E-state index is 12.3. The van der Waals surface area contributed by atoms with Crippen molar-refractivity contribution in [2.75, 3.05) is 20.3 Å². The van der Waals surface area contributed by atoms with Crippen LogP contribution >= 0.6 is 0 Å². The summed E-state index contributed by atoms with van der Waals surface area (Å²) in [6, 6.07) is 0. The van der Waals surface area contributed by atoms with Crippen molar-refractivity contribution >= 4 is 5.97 Å². The first kappa shape index (κ1) is 22.9. The highest BCUT2D eigenvalue weighted by Crippen LogP contribution is 2.51. The molecule has 0 aromatic carbocycles. The van der Waals surface area contributed by atoms with E-state index in [-0.39, 0.29) is 23.9 Å². The molecule has 3 heterocycles. The van der Waals surface area contributed by atoms with Crippen molar-refractivity contribution in [1.82, 2.24) is 0 Å². The molecule has 4 N–H and O–H groups in total. The Morgan fingerprint density at radius 1 is 1.19 bits per heavy atom. The van der Waals surface area contributed by atoms with Gasteiger partial charge in [-0.15, -0.1) is 0 Å². The molecule has 0 bridgehead atoms. The zero-order valence-electron chi connectivity index (χ0n) is 17.6. The highest BCUT2D eigenvalue weighted by atomic mass is 16.8. The van der Waals surface area contributed by atoms with Gasteiger partial charge < -0.3 is 48.8 Å². The molecule has 31 heavy (non-hydrogen) atoms. The molecule has 11 heteroatoms. The SMILES string of the molecule is COC(=O)C1=COC(OC2OC(CO)C(O)C(O)C2O)C2C1CC1OC(C)(C)OCC12. The van der Waals surface area contributed by atoms with E-state index in [1.807, 2.05) is 13.8 Å². The first-order chi connectivity index (χ1) is 14.7. The molecule has 0 aromatic rings. The Balaban J connectivity index is 1.58. The monoisotopic (exact) mass is 446 g/mol. The number of carbonyl (C=O) groups excluding carboxylic acids is 1. The predicted octanol–water partition coefficient (Wildman–Crippen LogP) is -1.38. The molecule has 3 fully saturated rings. The number of hydrogen-bond donors (Lipinski definition) is 4. The summed E-state index contributed by atoms with van der Waals surface area (Å²) in [7, 11) is 1.29. The Labute approximate surface area is 179 Å². The maximum Gasteiger partial charge on any atom is 0.337 e. The Morgan fingerprint density at radius 2 is 1.94 bits per heavy atom. The second kappa shape index (κ2) is 8.56. The summed E-state index contributed by atoms with van der Waals surface area (Å²) in [6.45, 7) is 3.42. The number of rotatable bonds is 4. The third-order valence-electron chi connectivity index (χ3n) is 6.56. The molecule has 1 saturated carbocycles. The van der Waals surface area contributed by atoms with E-state index < -0.39 is 55.4 Å². The summed E-state index contributed by atoms with van der Waals surface area (Å²) in [5, 5.41) is 39.8. The number of methoxy groups -OCH3 is 1. The zero-order chi connectivity index (χ0) is 22.5. The van der Waals surface area contributed by atoms with Crippen molar-refractivity contribution in [3.05, 3.63) is 11.8 Å². The van der Waals surface area contributed by atoms with Gasteiger partial charge in [0.1, 0.15) is 24.4 Å². The van der Waals surface area contributed by atoms with Crippen LogP contribution in [-0.4, -0.2) is 95.6 Å². The van der Waals surface area contributed by atoms with Crippen LogP contribution in [0.2, 0.25) is 0 Å². The Hall–Kier alpha value is -1.31. The van der Waals surface area contributed by atoms with Crippen LogP contribution in [0.3, 0.4) is 0 Å². The molecule has 0 spiro atoms. The number of ether oxygens (including phenoxy) is 6. The number of esters is 1. The lowest BCUT2D eigenvalue weighted by molar-refractivity contribution is -0.348. The lowest BCUT2D eigenvalue weighted by Gasteiger charge is -2.44. The summed E-state index contributed by atoms with van der Waals surface area (Å²) < 4.78 is 33.9. The second-order valence-corrected chi connectivity index (χ2v) is 8.85. The van der Waals surface area contributed by atoms with E-state index in [9.17, 15) is 25.2 Å². The van der Waals surface area contributed by atoms with Gasteiger partial charge in [-0.25, -0.2) is 4.79 Å². The minimum absolute atomic E-state index is 0.165. The molecule has 10 unspecified atom stereocenters. The van der Waals surface area contributed by atoms with Gasteiger partial charge in [-0.1, -0.05) is 0 Å². The Bertz CT molecular complexity index is 707. The van der Waals surface area contributed by atoms with E-state index in [1.165, 1.54) is 13.4 Å². The summed E-state index contributed by atoms with van der Waals surface area (Å²) >= 11 is 0. The van der Waals surface area contributed by atoms with Crippen molar-refractivity contribution in [3.8, 4) is 0 Å². The van der Waals surface area contributed by atoms with Gasteiger partial charge >= 0.3 is 5.97 Å². The lowest BCUT2D eigenvalue weighted by Crippen LogP contribution is -2.60. The van der Waals surface area contributed by atoms with E-state index in [2.05, 4.69) is 0 Å². The standard InChI is InChI=1S/C20H30O11/c1-20(2)28-7-10-11(31-20)4-8-9(17(25)26-3)6-27-18(13(8)10)30-19-16(24)15(23)14(22)12(5-21)29-19/h6,8,10-16,18-19,21-24H,4-5,7H2,1-3H3. The molecule has 4 rings (SSSR count). The van der Waals surface area contributed by atoms with Crippen LogP contribution < -0.4 is 0 Å². The van der Waals surface area contributed by atoms with Crippen LogP contribution in [0.5, 0.6) is 0 Å². The second-order valence-electron chi connectivity index (χ2n) is 8.85. The highest BCUT2D eigenvalue weighted by molar-refractivity contribution is 5.89. The molecule has 10 atom stereocenters. The first-order valence-corrected chi connectivity index (χ1v) is 10.4. The molecule has 3 aliphatic heterocycles. The molecule has 4 aliphatic rings. The smallest absolute Gasteiger partial charge is 0.337 e. The van der Waals surface area contributed by atoms with Crippen molar-refractivity contribution in [1.29, 1.82) is 0 Å². The third kappa shape index (κ3) is 4.09. The summed E-state index contributed by atoms with van der Waals surface area (Å²) in [5.41, 5.74) is 0.358. The lowest BCUT2D eigenvalue weighted by atomic mass is 9.82. The van der Waals surface area contributed by atoms with E-state index in [4.69, 9.17) is 28.4 Å². The first-order valence-electron chi connectivity index (χ1n) is 10.4. The van der Waals surface area contributed by atoms with E-state index in [0.29, 0.717) is 18.6 Å². The molecule has 0 radical (unpaired) electrons. The summed E-state index contributed by atoms with van der Waals surface area (Å²) in [6.07, 6.45) is -6.47. The van der Waals surface area contributed by atoms with Crippen LogP contribution in [0.25, 0.3) is 0 Å². The number of aliphatic hydroxyl groups excluding tert-OH is 4. The minimum atomic E-state index is -1.57. The fourth-order valence-corrected chi connectivity index (χ4v) is 4.97. The molecular formula is C20H30O11. The van der Waals surface area contributed by atoms with Crippen LogP contribution in [-0.2, 0) is 33.2 Å². The van der Waals surface area contributed by atoms with Crippen LogP contribution in [0.15, 0.2) is 11.8 Å². The quantitative estimate of drug-likeness (QED) is 0.378. The Kier molecular flexibility index (Phi) is 6.32. The molecule has 0 amide bonds. The highest BCUT2D eigenvalue weighted by Gasteiger charge is 2.57.